The average Bonchev–Trinajstić information content (AvgIpc) is 2.81. The largest absolute Gasteiger partial charge is 0.145 e. The van der Waals surface area contributed by atoms with Crippen molar-refractivity contribution in [3.8, 4) is 11.1 Å². The van der Waals surface area contributed by atoms with Gasteiger partial charge in [-0.05, 0) is 83.1 Å². The molecule has 0 atom stereocenters. The molecule has 1 fully saturated rings. The minimum Gasteiger partial charge on any atom is -0.145 e. The quantitative estimate of drug-likeness (QED) is 0.384. The predicted molar refractivity (Wildman–Crippen MR) is 133 cm³/mol. The highest BCUT2D eigenvalue weighted by Gasteiger charge is 2.19. The second-order valence-corrected chi connectivity index (χ2v) is 8.90. The lowest BCUT2D eigenvalue weighted by Gasteiger charge is -2.26. The van der Waals surface area contributed by atoms with E-state index in [1.54, 1.807) is 0 Å². The van der Waals surface area contributed by atoms with Crippen LogP contribution in [0, 0.1) is 17.7 Å². The van der Waals surface area contributed by atoms with E-state index in [0.29, 0.717) is 11.6 Å². The van der Waals surface area contributed by atoms with Crippen LogP contribution in [0.25, 0.3) is 11.1 Å². The first kappa shape index (κ1) is 22.9. The number of nitroso groups, excluding NO2 is 1. The van der Waals surface area contributed by atoms with Gasteiger partial charge in [-0.25, -0.2) is 0 Å². The molecule has 2 nitrogen and oxygen atoms in total. The average molecular weight is 414 g/mol. The molecule has 0 aliphatic heterocycles. The molecule has 0 bridgehead atoms. The first-order chi connectivity index (χ1) is 15.1. The van der Waals surface area contributed by atoms with Gasteiger partial charge in [-0.1, -0.05) is 93.8 Å². The number of aryl methyl sites for hydroxylation is 2. The molecule has 3 aromatic carbocycles. The zero-order valence-corrected chi connectivity index (χ0v) is 19.2. The van der Waals surface area contributed by atoms with Gasteiger partial charge in [0, 0.05) is 0 Å². The zero-order chi connectivity index (χ0) is 22.1. The van der Waals surface area contributed by atoms with E-state index in [1.165, 1.54) is 66.3 Å². The Kier molecular flexibility index (Phi) is 8.58. The summed E-state index contributed by atoms with van der Waals surface area (Å²) in [6.07, 6.45) is 7.62. The molecule has 162 valence electrons. The van der Waals surface area contributed by atoms with Gasteiger partial charge in [-0.2, -0.15) is 0 Å². The SMILES string of the molecule is CC1CCC(c2ccc(N=O)cc2)CC1.CCCc1ccc(-c2ccccc2C)cc1. The summed E-state index contributed by atoms with van der Waals surface area (Å²) in [6.45, 7) is 6.71. The van der Waals surface area contributed by atoms with Crippen LogP contribution in [0.3, 0.4) is 0 Å². The number of hydrogen-bond acceptors (Lipinski definition) is 2. The molecule has 0 amide bonds. The summed E-state index contributed by atoms with van der Waals surface area (Å²) in [5.41, 5.74) is 7.33. The summed E-state index contributed by atoms with van der Waals surface area (Å²) >= 11 is 0. The lowest BCUT2D eigenvalue weighted by Crippen LogP contribution is -2.10. The van der Waals surface area contributed by atoms with Crippen LogP contribution in [0.1, 0.15) is 68.6 Å². The topological polar surface area (TPSA) is 29.4 Å². The van der Waals surface area contributed by atoms with Crippen LogP contribution in [-0.4, -0.2) is 0 Å². The molecule has 0 radical (unpaired) electrons. The minimum absolute atomic E-state index is 0.530. The summed E-state index contributed by atoms with van der Waals surface area (Å²) in [5, 5.41) is 2.92. The molecule has 4 rings (SSSR count). The number of nitrogens with zero attached hydrogens (tertiary/aromatic N) is 1. The van der Waals surface area contributed by atoms with E-state index in [-0.39, 0.29) is 0 Å². The lowest BCUT2D eigenvalue weighted by molar-refractivity contribution is 0.348. The van der Waals surface area contributed by atoms with Crippen molar-refractivity contribution in [2.45, 2.75) is 65.2 Å². The Morgan fingerprint density at radius 1 is 0.839 bits per heavy atom. The van der Waals surface area contributed by atoms with Crippen LogP contribution >= 0.6 is 0 Å². The van der Waals surface area contributed by atoms with Gasteiger partial charge in [0.1, 0.15) is 5.69 Å². The first-order valence-corrected chi connectivity index (χ1v) is 11.7. The van der Waals surface area contributed by atoms with Crippen molar-refractivity contribution in [3.63, 3.8) is 0 Å². The van der Waals surface area contributed by atoms with Crippen LogP contribution in [0.5, 0.6) is 0 Å². The van der Waals surface area contributed by atoms with E-state index in [4.69, 9.17) is 0 Å². The van der Waals surface area contributed by atoms with E-state index in [2.05, 4.69) is 86.6 Å². The Bertz CT molecular complexity index is 935. The second-order valence-electron chi connectivity index (χ2n) is 8.90. The third kappa shape index (κ3) is 6.62. The summed E-state index contributed by atoms with van der Waals surface area (Å²) in [6, 6.07) is 25.2. The van der Waals surface area contributed by atoms with Gasteiger partial charge >= 0.3 is 0 Å². The third-order valence-electron chi connectivity index (χ3n) is 6.43. The standard InChI is InChI=1S/C16H18.C13H17NO/c1-3-6-14-9-11-15(12-10-14)16-8-5-4-7-13(16)2;1-10-2-4-11(5-3-10)12-6-8-13(14-15)9-7-12/h4-5,7-12H,3,6H2,1-2H3;6-11H,2-5H2,1H3. The summed E-state index contributed by atoms with van der Waals surface area (Å²) in [4.78, 5) is 10.3. The summed E-state index contributed by atoms with van der Waals surface area (Å²) in [7, 11) is 0. The molecule has 31 heavy (non-hydrogen) atoms. The number of rotatable bonds is 5. The molecule has 2 heteroatoms. The fraction of sp³-hybridized carbons (Fsp3) is 0.379. The van der Waals surface area contributed by atoms with Gasteiger partial charge in [-0.3, -0.25) is 0 Å². The van der Waals surface area contributed by atoms with E-state index < -0.39 is 0 Å². The Hall–Kier alpha value is -2.74. The van der Waals surface area contributed by atoms with Crippen molar-refractivity contribution in [3.05, 3.63) is 94.4 Å². The Balaban J connectivity index is 0.000000176. The van der Waals surface area contributed by atoms with E-state index in [1.807, 2.05) is 12.1 Å². The van der Waals surface area contributed by atoms with E-state index in [9.17, 15) is 4.91 Å². The molecular formula is C29H35NO. The normalized spacial score (nSPS) is 18.0. The minimum atomic E-state index is 0.530. The molecule has 3 aromatic rings. The van der Waals surface area contributed by atoms with Gasteiger partial charge in [0.05, 0.1) is 0 Å². The first-order valence-electron chi connectivity index (χ1n) is 11.7. The van der Waals surface area contributed by atoms with Crippen molar-refractivity contribution < 1.29 is 0 Å². The molecule has 0 heterocycles. The Morgan fingerprint density at radius 2 is 1.48 bits per heavy atom. The fourth-order valence-corrected chi connectivity index (χ4v) is 4.44. The molecule has 0 saturated heterocycles. The highest BCUT2D eigenvalue weighted by Crippen LogP contribution is 2.35. The van der Waals surface area contributed by atoms with Gasteiger partial charge in [0.25, 0.3) is 0 Å². The summed E-state index contributed by atoms with van der Waals surface area (Å²) < 4.78 is 0. The van der Waals surface area contributed by atoms with Crippen molar-refractivity contribution in [1.29, 1.82) is 0 Å². The van der Waals surface area contributed by atoms with Gasteiger partial charge in [0.15, 0.2) is 0 Å². The van der Waals surface area contributed by atoms with E-state index >= 15 is 0 Å². The molecule has 0 aromatic heterocycles. The molecule has 1 aliphatic rings. The van der Waals surface area contributed by atoms with Crippen molar-refractivity contribution >= 4 is 5.69 Å². The van der Waals surface area contributed by atoms with Crippen LogP contribution < -0.4 is 0 Å². The lowest BCUT2D eigenvalue weighted by atomic mass is 9.79. The highest BCUT2D eigenvalue weighted by molar-refractivity contribution is 5.67. The maximum absolute atomic E-state index is 10.3. The molecule has 0 N–H and O–H groups in total. The Morgan fingerprint density at radius 3 is 2.06 bits per heavy atom. The number of hydrogen-bond donors (Lipinski definition) is 0. The van der Waals surface area contributed by atoms with Gasteiger partial charge in [0.2, 0.25) is 0 Å². The summed E-state index contributed by atoms with van der Waals surface area (Å²) in [5.74, 6) is 1.58. The monoisotopic (exact) mass is 413 g/mol. The van der Waals surface area contributed by atoms with Gasteiger partial charge in [-0.15, -0.1) is 4.91 Å². The smallest absolute Gasteiger partial charge is 0.108 e. The highest BCUT2D eigenvalue weighted by atomic mass is 16.3. The zero-order valence-electron chi connectivity index (χ0n) is 19.2. The van der Waals surface area contributed by atoms with Crippen LogP contribution in [0.4, 0.5) is 5.69 Å². The molecule has 1 aliphatic carbocycles. The molecule has 1 saturated carbocycles. The molecule has 0 spiro atoms. The molecular weight excluding hydrogens is 378 g/mol. The van der Waals surface area contributed by atoms with E-state index in [0.717, 1.165) is 5.92 Å². The second kappa shape index (κ2) is 11.6. The van der Waals surface area contributed by atoms with Crippen LogP contribution in [0.15, 0.2) is 78.0 Å². The maximum Gasteiger partial charge on any atom is 0.108 e. The van der Waals surface area contributed by atoms with Crippen molar-refractivity contribution in [2.24, 2.45) is 11.1 Å². The van der Waals surface area contributed by atoms with Crippen molar-refractivity contribution in [1.82, 2.24) is 0 Å². The predicted octanol–water partition coefficient (Wildman–Crippen LogP) is 8.99. The van der Waals surface area contributed by atoms with Crippen LogP contribution in [0.2, 0.25) is 0 Å². The third-order valence-corrected chi connectivity index (χ3v) is 6.43. The van der Waals surface area contributed by atoms with Crippen molar-refractivity contribution in [2.75, 3.05) is 0 Å². The number of benzene rings is 3. The fourth-order valence-electron chi connectivity index (χ4n) is 4.44. The van der Waals surface area contributed by atoms with Crippen LogP contribution in [-0.2, 0) is 6.42 Å². The molecule has 0 unspecified atom stereocenters. The van der Waals surface area contributed by atoms with Gasteiger partial charge < -0.3 is 0 Å². The Labute approximate surface area is 187 Å². The maximum atomic E-state index is 10.3.